The molecule has 0 aliphatic carbocycles. The fraction of sp³-hybridized carbons (Fsp3) is 0.571. The SMILES string of the molecule is CC(C)Oc1cccc(NC2CCN(C)C2)c1[N+](=O)[O-]. The molecule has 0 spiro atoms. The third kappa shape index (κ3) is 3.39. The molecule has 1 atom stereocenters. The van der Waals surface area contributed by atoms with Crippen molar-refractivity contribution < 1.29 is 9.66 Å². The van der Waals surface area contributed by atoms with E-state index in [1.54, 1.807) is 18.2 Å². The number of nitrogens with one attached hydrogen (secondary N) is 1. The molecule has 1 unspecified atom stereocenters. The molecular formula is C14H21N3O3. The van der Waals surface area contributed by atoms with Gasteiger partial charge in [-0.1, -0.05) is 6.07 Å². The zero-order chi connectivity index (χ0) is 14.7. The summed E-state index contributed by atoms with van der Waals surface area (Å²) < 4.78 is 5.54. The van der Waals surface area contributed by atoms with E-state index in [1.165, 1.54) is 0 Å². The molecular weight excluding hydrogens is 258 g/mol. The first-order valence-electron chi connectivity index (χ1n) is 6.86. The zero-order valence-corrected chi connectivity index (χ0v) is 12.1. The first-order chi connectivity index (χ1) is 9.47. The number of hydrogen-bond acceptors (Lipinski definition) is 5. The number of nitro benzene ring substituents is 1. The molecule has 1 fully saturated rings. The summed E-state index contributed by atoms with van der Waals surface area (Å²) in [5.74, 6) is 0.321. The summed E-state index contributed by atoms with van der Waals surface area (Å²) in [4.78, 5) is 13.2. The van der Waals surface area contributed by atoms with Crippen molar-refractivity contribution in [2.75, 3.05) is 25.5 Å². The van der Waals surface area contributed by atoms with E-state index in [4.69, 9.17) is 4.74 Å². The van der Waals surface area contributed by atoms with Gasteiger partial charge in [-0.15, -0.1) is 0 Å². The predicted molar refractivity (Wildman–Crippen MR) is 78.4 cm³/mol. The molecule has 0 radical (unpaired) electrons. The highest BCUT2D eigenvalue weighted by Gasteiger charge is 2.26. The van der Waals surface area contributed by atoms with Crippen LogP contribution < -0.4 is 10.1 Å². The van der Waals surface area contributed by atoms with Gasteiger partial charge in [0.15, 0.2) is 5.75 Å². The third-order valence-corrected chi connectivity index (χ3v) is 3.30. The van der Waals surface area contributed by atoms with Crippen molar-refractivity contribution in [2.24, 2.45) is 0 Å². The van der Waals surface area contributed by atoms with Crippen LogP contribution in [0.5, 0.6) is 5.75 Å². The Morgan fingerprint density at radius 1 is 1.50 bits per heavy atom. The van der Waals surface area contributed by atoms with Crippen LogP contribution >= 0.6 is 0 Å². The van der Waals surface area contributed by atoms with Gasteiger partial charge in [0.1, 0.15) is 5.69 Å². The smallest absolute Gasteiger partial charge is 0.333 e. The van der Waals surface area contributed by atoms with Gasteiger partial charge in [-0.25, -0.2) is 0 Å². The number of nitrogens with zero attached hydrogens (tertiary/aromatic N) is 2. The van der Waals surface area contributed by atoms with Crippen molar-refractivity contribution in [1.82, 2.24) is 4.90 Å². The lowest BCUT2D eigenvalue weighted by Gasteiger charge is -2.16. The summed E-state index contributed by atoms with van der Waals surface area (Å²) in [5.41, 5.74) is 0.559. The number of ether oxygens (including phenoxy) is 1. The van der Waals surface area contributed by atoms with Crippen molar-refractivity contribution in [3.63, 3.8) is 0 Å². The van der Waals surface area contributed by atoms with Gasteiger partial charge in [0, 0.05) is 12.6 Å². The molecule has 1 aromatic carbocycles. The molecule has 1 aliphatic heterocycles. The minimum absolute atomic E-state index is 0.0238. The van der Waals surface area contributed by atoms with E-state index in [0.29, 0.717) is 11.4 Å². The number of rotatable bonds is 5. The van der Waals surface area contributed by atoms with Crippen molar-refractivity contribution in [1.29, 1.82) is 0 Å². The number of benzene rings is 1. The van der Waals surface area contributed by atoms with E-state index in [9.17, 15) is 10.1 Å². The van der Waals surface area contributed by atoms with Crippen LogP contribution in [0.25, 0.3) is 0 Å². The zero-order valence-electron chi connectivity index (χ0n) is 12.1. The van der Waals surface area contributed by atoms with Crippen LogP contribution in [0.1, 0.15) is 20.3 Å². The lowest BCUT2D eigenvalue weighted by Crippen LogP contribution is -2.24. The van der Waals surface area contributed by atoms with Crippen LogP contribution in [0.2, 0.25) is 0 Å². The van der Waals surface area contributed by atoms with Gasteiger partial charge in [-0.05, 0) is 46.0 Å². The Morgan fingerprint density at radius 2 is 2.25 bits per heavy atom. The fourth-order valence-corrected chi connectivity index (χ4v) is 2.45. The Hall–Kier alpha value is -1.82. The molecule has 0 aromatic heterocycles. The molecule has 1 aliphatic rings. The normalized spacial score (nSPS) is 19.3. The minimum atomic E-state index is -0.376. The van der Waals surface area contributed by atoms with Gasteiger partial charge < -0.3 is 15.0 Å². The van der Waals surface area contributed by atoms with Crippen molar-refractivity contribution in [3.8, 4) is 5.75 Å². The van der Waals surface area contributed by atoms with Crippen molar-refractivity contribution in [2.45, 2.75) is 32.4 Å². The summed E-state index contributed by atoms with van der Waals surface area (Å²) in [7, 11) is 2.05. The van der Waals surface area contributed by atoms with Gasteiger partial charge in [0.2, 0.25) is 0 Å². The maximum Gasteiger partial charge on any atom is 0.333 e. The molecule has 1 saturated heterocycles. The average molecular weight is 279 g/mol. The van der Waals surface area contributed by atoms with Crippen molar-refractivity contribution >= 4 is 11.4 Å². The lowest BCUT2D eigenvalue weighted by molar-refractivity contribution is -0.385. The molecule has 6 heteroatoms. The Kier molecular flexibility index (Phi) is 4.44. The van der Waals surface area contributed by atoms with Gasteiger partial charge in [0.25, 0.3) is 0 Å². The monoisotopic (exact) mass is 279 g/mol. The molecule has 0 amide bonds. The Morgan fingerprint density at radius 3 is 2.80 bits per heavy atom. The molecule has 6 nitrogen and oxygen atoms in total. The first kappa shape index (κ1) is 14.6. The molecule has 2 rings (SSSR count). The minimum Gasteiger partial charge on any atom is -0.484 e. The summed E-state index contributed by atoms with van der Waals surface area (Å²) in [6.07, 6.45) is 0.893. The second-order valence-electron chi connectivity index (χ2n) is 5.47. The van der Waals surface area contributed by atoms with E-state index in [1.807, 2.05) is 20.9 Å². The largest absolute Gasteiger partial charge is 0.484 e. The van der Waals surface area contributed by atoms with Crippen LogP contribution in [0, 0.1) is 10.1 Å². The molecule has 1 heterocycles. The maximum atomic E-state index is 11.3. The van der Waals surface area contributed by atoms with E-state index >= 15 is 0 Å². The van der Waals surface area contributed by atoms with Crippen LogP contribution in [0.4, 0.5) is 11.4 Å². The summed E-state index contributed by atoms with van der Waals surface area (Å²) in [5, 5.41) is 14.6. The summed E-state index contributed by atoms with van der Waals surface area (Å²) in [6.45, 7) is 5.62. The highest BCUT2D eigenvalue weighted by molar-refractivity contribution is 5.68. The molecule has 0 bridgehead atoms. The van der Waals surface area contributed by atoms with Gasteiger partial charge in [0.05, 0.1) is 11.0 Å². The average Bonchev–Trinajstić information content (AvgIpc) is 2.73. The molecule has 1 aromatic rings. The summed E-state index contributed by atoms with van der Waals surface area (Å²) >= 11 is 0. The van der Waals surface area contributed by atoms with Gasteiger partial charge in [-0.3, -0.25) is 10.1 Å². The van der Waals surface area contributed by atoms with E-state index in [-0.39, 0.29) is 22.8 Å². The van der Waals surface area contributed by atoms with E-state index in [2.05, 4.69) is 10.2 Å². The quantitative estimate of drug-likeness (QED) is 0.662. The maximum absolute atomic E-state index is 11.3. The molecule has 0 saturated carbocycles. The number of likely N-dealkylation sites (tertiary alicyclic amines) is 1. The predicted octanol–water partition coefficient (Wildman–Crippen LogP) is 2.50. The van der Waals surface area contributed by atoms with Crippen LogP contribution in [-0.4, -0.2) is 42.1 Å². The number of hydrogen-bond donors (Lipinski definition) is 1. The van der Waals surface area contributed by atoms with Gasteiger partial charge >= 0.3 is 5.69 Å². The second kappa shape index (κ2) is 6.09. The molecule has 110 valence electrons. The van der Waals surface area contributed by atoms with Crippen molar-refractivity contribution in [3.05, 3.63) is 28.3 Å². The van der Waals surface area contributed by atoms with E-state index < -0.39 is 0 Å². The standard InChI is InChI=1S/C14H21N3O3/c1-10(2)20-13-6-4-5-12(14(13)17(18)19)15-11-7-8-16(3)9-11/h4-6,10-11,15H,7-9H2,1-3H3. The fourth-order valence-electron chi connectivity index (χ4n) is 2.45. The van der Waals surface area contributed by atoms with Crippen LogP contribution in [-0.2, 0) is 0 Å². The van der Waals surface area contributed by atoms with E-state index in [0.717, 1.165) is 19.5 Å². The summed E-state index contributed by atoms with van der Waals surface area (Å²) in [6, 6.07) is 5.41. The molecule has 20 heavy (non-hydrogen) atoms. The first-order valence-corrected chi connectivity index (χ1v) is 6.86. The van der Waals surface area contributed by atoms with Gasteiger partial charge in [-0.2, -0.15) is 0 Å². The number of anilines is 1. The Balaban J connectivity index is 2.25. The third-order valence-electron chi connectivity index (χ3n) is 3.30. The number of para-hydroxylation sites is 1. The topological polar surface area (TPSA) is 67.6 Å². The van der Waals surface area contributed by atoms with Crippen LogP contribution in [0.15, 0.2) is 18.2 Å². The number of nitro groups is 1. The second-order valence-corrected chi connectivity index (χ2v) is 5.47. The van der Waals surface area contributed by atoms with Crippen LogP contribution in [0.3, 0.4) is 0 Å². The number of likely N-dealkylation sites (N-methyl/N-ethyl adjacent to an activating group) is 1. The Labute approximate surface area is 118 Å². The highest BCUT2D eigenvalue weighted by Crippen LogP contribution is 2.36. The molecule has 1 N–H and O–H groups in total. The lowest BCUT2D eigenvalue weighted by atomic mass is 10.2. The highest BCUT2D eigenvalue weighted by atomic mass is 16.6. The Bertz CT molecular complexity index is 491.